The predicted molar refractivity (Wildman–Crippen MR) is 133 cm³/mol. The van der Waals surface area contributed by atoms with Crippen LogP contribution in [0.25, 0.3) is 0 Å². The number of nitrogens with zero attached hydrogens (tertiary/aromatic N) is 2. The summed E-state index contributed by atoms with van der Waals surface area (Å²) in [5.41, 5.74) is 1.53. The third-order valence-electron chi connectivity index (χ3n) is 5.36. The molecule has 0 spiro atoms. The van der Waals surface area contributed by atoms with Crippen molar-refractivity contribution < 1.29 is 18.0 Å². The summed E-state index contributed by atoms with van der Waals surface area (Å²) < 4.78 is 25.9. The van der Waals surface area contributed by atoms with E-state index in [1.165, 1.54) is 4.31 Å². The maximum absolute atomic E-state index is 13.2. The van der Waals surface area contributed by atoms with E-state index in [2.05, 4.69) is 5.32 Å². The zero-order chi connectivity index (χ0) is 24.4. The van der Waals surface area contributed by atoms with Gasteiger partial charge < -0.3 is 10.2 Å². The van der Waals surface area contributed by atoms with Crippen LogP contribution in [0.2, 0.25) is 5.02 Å². The summed E-state index contributed by atoms with van der Waals surface area (Å²) in [6.45, 7) is 2.40. The Morgan fingerprint density at radius 2 is 1.76 bits per heavy atom. The number of likely N-dealkylation sites (N-methyl/N-ethyl adjacent to an activating group) is 1. The van der Waals surface area contributed by atoms with Gasteiger partial charge in [0.2, 0.25) is 21.8 Å². The van der Waals surface area contributed by atoms with Crippen molar-refractivity contribution in [3.63, 3.8) is 0 Å². The molecular weight excluding hydrogens is 462 g/mol. The molecule has 0 aromatic heterocycles. The van der Waals surface area contributed by atoms with Gasteiger partial charge in [0.25, 0.3) is 0 Å². The Morgan fingerprint density at radius 3 is 2.33 bits per heavy atom. The molecule has 2 amide bonds. The monoisotopic (exact) mass is 493 g/mol. The molecule has 33 heavy (non-hydrogen) atoms. The molecule has 2 aromatic carbocycles. The minimum Gasteiger partial charge on any atom is -0.357 e. The van der Waals surface area contributed by atoms with Crippen LogP contribution < -0.4 is 9.62 Å². The molecule has 0 aliphatic carbocycles. The molecule has 0 heterocycles. The molecule has 2 rings (SSSR count). The smallest absolute Gasteiger partial charge is 0.242 e. The Balaban J connectivity index is 2.12. The van der Waals surface area contributed by atoms with E-state index in [0.29, 0.717) is 36.5 Å². The van der Waals surface area contributed by atoms with Crippen LogP contribution in [0.4, 0.5) is 5.69 Å². The molecule has 180 valence electrons. The minimum atomic E-state index is -3.55. The van der Waals surface area contributed by atoms with E-state index in [1.807, 2.05) is 37.3 Å². The standard InChI is InChI=1S/C24H32ClN3O4S/c1-4-22(24(30)26-2)27(17-15-19-10-6-5-7-11-19)23(29)14-9-16-28(33(3,31)32)21-13-8-12-20(25)18-21/h5-8,10-13,18,22H,4,9,14-17H2,1-3H3,(H,26,30)/t22-/m1/s1. The first-order chi connectivity index (χ1) is 15.7. The number of benzene rings is 2. The van der Waals surface area contributed by atoms with Crippen LogP contribution in [-0.4, -0.2) is 57.6 Å². The third kappa shape index (κ3) is 8.05. The number of carbonyl (C=O) groups excluding carboxylic acids is 2. The van der Waals surface area contributed by atoms with Crippen LogP contribution in [0.5, 0.6) is 0 Å². The molecular formula is C24H32ClN3O4S. The number of sulfonamides is 1. The molecule has 0 radical (unpaired) electrons. The number of halogens is 1. The Hall–Kier alpha value is -2.58. The molecule has 1 N–H and O–H groups in total. The lowest BCUT2D eigenvalue weighted by Gasteiger charge is -2.30. The van der Waals surface area contributed by atoms with Crippen molar-refractivity contribution in [1.82, 2.24) is 10.2 Å². The lowest BCUT2D eigenvalue weighted by molar-refractivity contribution is -0.140. The fourth-order valence-corrected chi connectivity index (χ4v) is 4.84. The molecule has 0 unspecified atom stereocenters. The summed E-state index contributed by atoms with van der Waals surface area (Å²) in [6, 6.07) is 15.8. The maximum Gasteiger partial charge on any atom is 0.242 e. The first kappa shape index (κ1) is 26.7. The van der Waals surface area contributed by atoms with Crippen molar-refractivity contribution >= 4 is 39.1 Å². The fourth-order valence-electron chi connectivity index (χ4n) is 3.70. The summed E-state index contributed by atoms with van der Waals surface area (Å²) in [6.07, 6.45) is 2.66. The Labute approximate surface area is 201 Å². The molecule has 9 heteroatoms. The van der Waals surface area contributed by atoms with Gasteiger partial charge in [-0.2, -0.15) is 0 Å². The van der Waals surface area contributed by atoms with E-state index in [-0.39, 0.29) is 24.8 Å². The molecule has 0 fully saturated rings. The molecule has 0 bridgehead atoms. The van der Waals surface area contributed by atoms with Crippen molar-refractivity contribution in [3.05, 3.63) is 65.2 Å². The fraction of sp³-hybridized carbons (Fsp3) is 0.417. The SMILES string of the molecule is CC[C@H](C(=O)NC)N(CCc1ccccc1)C(=O)CCCN(c1cccc(Cl)c1)S(C)(=O)=O. The molecule has 7 nitrogen and oxygen atoms in total. The van der Waals surface area contributed by atoms with E-state index in [9.17, 15) is 18.0 Å². The second-order valence-electron chi connectivity index (χ2n) is 7.78. The quantitative estimate of drug-likeness (QED) is 0.490. The zero-order valence-corrected chi connectivity index (χ0v) is 20.9. The topological polar surface area (TPSA) is 86.8 Å². The Morgan fingerprint density at radius 1 is 1.06 bits per heavy atom. The van der Waals surface area contributed by atoms with Gasteiger partial charge in [-0.3, -0.25) is 13.9 Å². The maximum atomic E-state index is 13.2. The highest BCUT2D eigenvalue weighted by molar-refractivity contribution is 7.92. The van der Waals surface area contributed by atoms with Gasteiger partial charge in [0.05, 0.1) is 11.9 Å². The molecule has 1 atom stereocenters. The number of hydrogen-bond acceptors (Lipinski definition) is 4. The number of rotatable bonds is 12. The molecule has 0 saturated heterocycles. The van der Waals surface area contributed by atoms with Gasteiger partial charge in [0, 0.05) is 31.6 Å². The van der Waals surface area contributed by atoms with E-state index in [1.54, 1.807) is 36.2 Å². The minimum absolute atomic E-state index is 0.120. The Bertz CT molecular complexity index is 1030. The van der Waals surface area contributed by atoms with Gasteiger partial charge in [0.15, 0.2) is 0 Å². The average Bonchev–Trinajstić information content (AvgIpc) is 2.78. The predicted octanol–water partition coefficient (Wildman–Crippen LogP) is 3.48. The number of hydrogen-bond donors (Lipinski definition) is 1. The van der Waals surface area contributed by atoms with Crippen molar-refractivity contribution in [3.8, 4) is 0 Å². The van der Waals surface area contributed by atoms with Crippen LogP contribution >= 0.6 is 11.6 Å². The summed E-state index contributed by atoms with van der Waals surface area (Å²) in [5.74, 6) is -0.392. The van der Waals surface area contributed by atoms with E-state index in [0.717, 1.165) is 11.8 Å². The molecule has 0 aliphatic rings. The van der Waals surface area contributed by atoms with Crippen LogP contribution in [0.15, 0.2) is 54.6 Å². The number of nitrogens with one attached hydrogen (secondary N) is 1. The normalized spacial score (nSPS) is 12.1. The summed E-state index contributed by atoms with van der Waals surface area (Å²) in [5, 5.41) is 3.07. The number of anilines is 1. The highest BCUT2D eigenvalue weighted by Gasteiger charge is 2.27. The van der Waals surface area contributed by atoms with Gasteiger partial charge >= 0.3 is 0 Å². The van der Waals surface area contributed by atoms with Crippen molar-refractivity contribution in [2.45, 2.75) is 38.6 Å². The van der Waals surface area contributed by atoms with Gasteiger partial charge in [0.1, 0.15) is 6.04 Å². The first-order valence-corrected chi connectivity index (χ1v) is 13.2. The van der Waals surface area contributed by atoms with Gasteiger partial charge in [-0.05, 0) is 43.0 Å². The summed E-state index contributed by atoms with van der Waals surface area (Å²) in [7, 11) is -2.00. The van der Waals surface area contributed by atoms with Gasteiger partial charge in [-0.15, -0.1) is 0 Å². The zero-order valence-electron chi connectivity index (χ0n) is 19.3. The highest BCUT2D eigenvalue weighted by atomic mass is 35.5. The summed E-state index contributed by atoms with van der Waals surface area (Å²) in [4.78, 5) is 27.2. The van der Waals surface area contributed by atoms with E-state index in [4.69, 9.17) is 11.6 Å². The van der Waals surface area contributed by atoms with Crippen molar-refractivity contribution in [2.24, 2.45) is 0 Å². The summed E-state index contributed by atoms with van der Waals surface area (Å²) >= 11 is 6.02. The molecule has 0 saturated carbocycles. The van der Waals surface area contributed by atoms with Crippen LogP contribution in [-0.2, 0) is 26.0 Å². The van der Waals surface area contributed by atoms with Crippen molar-refractivity contribution in [1.29, 1.82) is 0 Å². The van der Waals surface area contributed by atoms with Crippen LogP contribution in [0, 0.1) is 0 Å². The molecule has 0 aliphatic heterocycles. The number of amides is 2. The first-order valence-electron chi connectivity index (χ1n) is 11.0. The van der Waals surface area contributed by atoms with Crippen LogP contribution in [0.3, 0.4) is 0 Å². The molecule has 2 aromatic rings. The third-order valence-corrected chi connectivity index (χ3v) is 6.79. The lowest BCUT2D eigenvalue weighted by Crippen LogP contribution is -2.49. The van der Waals surface area contributed by atoms with E-state index < -0.39 is 16.1 Å². The van der Waals surface area contributed by atoms with Gasteiger partial charge in [-0.25, -0.2) is 8.42 Å². The van der Waals surface area contributed by atoms with Gasteiger partial charge in [-0.1, -0.05) is 54.9 Å². The average molecular weight is 494 g/mol. The second-order valence-corrected chi connectivity index (χ2v) is 10.1. The number of carbonyl (C=O) groups is 2. The second kappa shape index (κ2) is 12.6. The highest BCUT2D eigenvalue weighted by Crippen LogP contribution is 2.22. The van der Waals surface area contributed by atoms with Crippen LogP contribution in [0.1, 0.15) is 31.7 Å². The van der Waals surface area contributed by atoms with E-state index >= 15 is 0 Å². The largest absolute Gasteiger partial charge is 0.357 e. The van der Waals surface area contributed by atoms with Crippen molar-refractivity contribution in [2.75, 3.05) is 30.7 Å². The Kier molecular flexibility index (Phi) is 10.2. The lowest BCUT2D eigenvalue weighted by atomic mass is 10.1.